The topological polar surface area (TPSA) is 75.3 Å². The summed E-state index contributed by atoms with van der Waals surface area (Å²) in [6, 6.07) is 11.9. The third kappa shape index (κ3) is 6.46. The lowest BCUT2D eigenvalue weighted by Gasteiger charge is -2.16. The van der Waals surface area contributed by atoms with Gasteiger partial charge in [-0.25, -0.2) is 0 Å². The van der Waals surface area contributed by atoms with Crippen LogP contribution < -0.4 is 10.6 Å². The molecular formula is C19H23ClIN5OS. The molecule has 0 fully saturated rings. The average molecular weight is 532 g/mol. The molecule has 3 rings (SSSR count). The van der Waals surface area contributed by atoms with Crippen LogP contribution in [0.15, 0.2) is 45.9 Å². The average Bonchev–Trinajstić information content (AvgIpc) is 3.27. The van der Waals surface area contributed by atoms with E-state index in [1.165, 1.54) is 9.75 Å². The van der Waals surface area contributed by atoms with Gasteiger partial charge in [0.2, 0.25) is 11.7 Å². The minimum atomic E-state index is 0. The lowest BCUT2D eigenvalue weighted by molar-refractivity contribution is 0.375. The molecule has 1 aromatic carbocycles. The van der Waals surface area contributed by atoms with Gasteiger partial charge in [0.05, 0.1) is 6.54 Å². The van der Waals surface area contributed by atoms with Crippen LogP contribution in [0.25, 0.3) is 11.4 Å². The SMILES string of the molecule is CN=C(NCc1nc(-c2cccc(Cl)c2)no1)NC(C)Cc1ccc(C)s1.I. The summed E-state index contributed by atoms with van der Waals surface area (Å²) in [5.74, 6) is 1.69. The number of hydrogen-bond donors (Lipinski definition) is 2. The van der Waals surface area contributed by atoms with Crippen molar-refractivity contribution in [2.24, 2.45) is 4.99 Å². The van der Waals surface area contributed by atoms with Crippen molar-refractivity contribution in [3.63, 3.8) is 0 Å². The second-order valence-corrected chi connectivity index (χ2v) is 8.02. The van der Waals surface area contributed by atoms with Crippen molar-refractivity contribution >= 4 is 52.9 Å². The maximum absolute atomic E-state index is 6.01. The third-order valence-electron chi connectivity index (χ3n) is 3.87. The number of nitrogens with zero attached hydrogens (tertiary/aromatic N) is 3. The summed E-state index contributed by atoms with van der Waals surface area (Å²) in [5, 5.41) is 11.2. The van der Waals surface area contributed by atoms with Gasteiger partial charge in [0, 0.05) is 39.9 Å². The lowest BCUT2D eigenvalue weighted by atomic mass is 10.2. The first-order valence-electron chi connectivity index (χ1n) is 8.64. The van der Waals surface area contributed by atoms with E-state index in [1.807, 2.05) is 29.5 Å². The van der Waals surface area contributed by atoms with E-state index in [-0.39, 0.29) is 30.0 Å². The molecule has 0 radical (unpaired) electrons. The van der Waals surface area contributed by atoms with Gasteiger partial charge in [0.1, 0.15) is 0 Å². The molecule has 2 aromatic heterocycles. The van der Waals surface area contributed by atoms with Crippen LogP contribution in [0.3, 0.4) is 0 Å². The second-order valence-electron chi connectivity index (χ2n) is 6.21. The molecular weight excluding hydrogens is 509 g/mol. The first kappa shape index (κ1) is 22.6. The Bertz CT molecular complexity index is 926. The first-order chi connectivity index (χ1) is 13.0. The highest BCUT2D eigenvalue weighted by molar-refractivity contribution is 14.0. The Hall–Kier alpha value is -1.65. The number of halogens is 2. The molecule has 0 aliphatic heterocycles. The Balaban J connectivity index is 0.00000280. The van der Waals surface area contributed by atoms with E-state index >= 15 is 0 Å². The molecule has 150 valence electrons. The summed E-state index contributed by atoms with van der Waals surface area (Å²) in [4.78, 5) is 11.3. The lowest BCUT2D eigenvalue weighted by Crippen LogP contribution is -2.42. The molecule has 0 aliphatic carbocycles. The Kier molecular flexibility index (Phi) is 8.71. The van der Waals surface area contributed by atoms with E-state index in [9.17, 15) is 0 Å². The molecule has 3 aromatic rings. The first-order valence-corrected chi connectivity index (χ1v) is 9.84. The predicted octanol–water partition coefficient (Wildman–Crippen LogP) is 4.67. The summed E-state index contributed by atoms with van der Waals surface area (Å²) < 4.78 is 5.31. The van der Waals surface area contributed by atoms with Gasteiger partial charge in [-0.3, -0.25) is 4.99 Å². The van der Waals surface area contributed by atoms with Gasteiger partial charge < -0.3 is 15.2 Å². The summed E-state index contributed by atoms with van der Waals surface area (Å²) in [7, 11) is 1.74. The number of nitrogens with one attached hydrogen (secondary N) is 2. The molecule has 0 amide bonds. The molecule has 9 heteroatoms. The molecule has 0 saturated carbocycles. The van der Waals surface area contributed by atoms with E-state index in [2.05, 4.69) is 51.7 Å². The van der Waals surface area contributed by atoms with E-state index < -0.39 is 0 Å². The zero-order valence-electron chi connectivity index (χ0n) is 15.9. The largest absolute Gasteiger partial charge is 0.354 e. The van der Waals surface area contributed by atoms with Gasteiger partial charge in [0.25, 0.3) is 0 Å². The highest BCUT2D eigenvalue weighted by Crippen LogP contribution is 2.20. The van der Waals surface area contributed by atoms with Crippen LogP contribution >= 0.6 is 46.9 Å². The van der Waals surface area contributed by atoms with Crippen molar-refractivity contribution in [1.82, 2.24) is 20.8 Å². The van der Waals surface area contributed by atoms with Gasteiger partial charge in [-0.05, 0) is 38.1 Å². The maximum atomic E-state index is 6.01. The molecule has 2 heterocycles. The van der Waals surface area contributed by atoms with Gasteiger partial charge in [-0.2, -0.15) is 4.98 Å². The Morgan fingerprint density at radius 2 is 2.14 bits per heavy atom. The van der Waals surface area contributed by atoms with Crippen LogP contribution in [0, 0.1) is 6.92 Å². The normalized spacial score (nSPS) is 12.4. The fraction of sp³-hybridized carbons (Fsp3) is 0.316. The van der Waals surface area contributed by atoms with Gasteiger partial charge >= 0.3 is 0 Å². The van der Waals surface area contributed by atoms with E-state index in [4.69, 9.17) is 16.1 Å². The summed E-state index contributed by atoms with van der Waals surface area (Å²) in [6.07, 6.45) is 0.943. The highest BCUT2D eigenvalue weighted by atomic mass is 127. The van der Waals surface area contributed by atoms with Gasteiger partial charge in [0.15, 0.2) is 5.96 Å². The number of benzene rings is 1. The minimum Gasteiger partial charge on any atom is -0.354 e. The van der Waals surface area contributed by atoms with Crippen molar-refractivity contribution < 1.29 is 4.52 Å². The molecule has 1 unspecified atom stereocenters. The molecule has 0 saturated heterocycles. The predicted molar refractivity (Wildman–Crippen MR) is 126 cm³/mol. The summed E-state index contributed by atoms with van der Waals surface area (Å²) >= 11 is 7.83. The van der Waals surface area contributed by atoms with E-state index in [0.717, 1.165) is 12.0 Å². The maximum Gasteiger partial charge on any atom is 0.246 e. The minimum absolute atomic E-state index is 0. The van der Waals surface area contributed by atoms with Crippen LogP contribution in [-0.2, 0) is 13.0 Å². The fourth-order valence-corrected chi connectivity index (χ4v) is 3.82. The van der Waals surface area contributed by atoms with Gasteiger partial charge in [-0.1, -0.05) is 28.9 Å². The summed E-state index contributed by atoms with van der Waals surface area (Å²) in [6.45, 7) is 4.64. The van der Waals surface area contributed by atoms with Crippen molar-refractivity contribution in [3.05, 3.63) is 57.1 Å². The number of rotatable bonds is 6. The molecule has 28 heavy (non-hydrogen) atoms. The van der Waals surface area contributed by atoms with Crippen molar-refractivity contribution in [3.8, 4) is 11.4 Å². The fourth-order valence-electron chi connectivity index (χ4n) is 2.61. The molecule has 2 N–H and O–H groups in total. The second kappa shape index (κ2) is 10.8. The molecule has 1 atom stereocenters. The monoisotopic (exact) mass is 531 g/mol. The smallest absolute Gasteiger partial charge is 0.246 e. The molecule has 6 nitrogen and oxygen atoms in total. The highest BCUT2D eigenvalue weighted by Gasteiger charge is 2.11. The van der Waals surface area contributed by atoms with E-state index in [0.29, 0.717) is 29.2 Å². The van der Waals surface area contributed by atoms with Crippen LogP contribution in [0.1, 0.15) is 22.6 Å². The van der Waals surface area contributed by atoms with Crippen molar-refractivity contribution in [1.29, 1.82) is 0 Å². The van der Waals surface area contributed by atoms with Crippen LogP contribution in [-0.4, -0.2) is 29.2 Å². The third-order valence-corrected chi connectivity index (χ3v) is 5.13. The zero-order chi connectivity index (χ0) is 19.2. The van der Waals surface area contributed by atoms with Gasteiger partial charge in [-0.15, -0.1) is 35.3 Å². The van der Waals surface area contributed by atoms with Crippen molar-refractivity contribution in [2.75, 3.05) is 7.05 Å². The number of aryl methyl sites for hydroxylation is 1. The number of thiophene rings is 1. The van der Waals surface area contributed by atoms with E-state index in [1.54, 1.807) is 13.1 Å². The molecule has 0 aliphatic rings. The molecule has 0 spiro atoms. The van der Waals surface area contributed by atoms with Crippen LogP contribution in [0.2, 0.25) is 5.02 Å². The number of aromatic nitrogens is 2. The zero-order valence-corrected chi connectivity index (χ0v) is 19.8. The number of hydrogen-bond acceptors (Lipinski definition) is 5. The number of aliphatic imine (C=N–C) groups is 1. The molecule has 0 bridgehead atoms. The van der Waals surface area contributed by atoms with Crippen molar-refractivity contribution in [2.45, 2.75) is 32.9 Å². The number of guanidine groups is 1. The van der Waals surface area contributed by atoms with Crippen LogP contribution in [0.5, 0.6) is 0 Å². The summed E-state index contributed by atoms with van der Waals surface area (Å²) in [5.41, 5.74) is 0.819. The standard InChI is InChI=1S/C19H22ClN5OS.HI/c1-12(9-16-8-7-13(2)27-16)23-19(21-3)22-11-17-24-18(25-26-17)14-5-4-6-15(20)10-14;/h4-8,10,12H,9,11H2,1-3H3,(H2,21,22,23);1H. The Labute approximate surface area is 190 Å². The van der Waals surface area contributed by atoms with Crippen LogP contribution in [0.4, 0.5) is 0 Å². The Morgan fingerprint density at radius 1 is 1.32 bits per heavy atom. The Morgan fingerprint density at radius 3 is 2.82 bits per heavy atom. The quantitative estimate of drug-likeness (QED) is 0.275.